The van der Waals surface area contributed by atoms with E-state index >= 15 is 0 Å². The number of anilines is 5. The molecule has 1 aromatic heterocycles. The van der Waals surface area contributed by atoms with E-state index in [1.165, 1.54) is 12.4 Å². The molecule has 0 bridgehead atoms. The molecule has 3 aromatic rings. The normalized spacial score (nSPS) is 16.8. The highest BCUT2D eigenvalue weighted by atomic mass is 35.5. The van der Waals surface area contributed by atoms with Crippen LogP contribution in [0.2, 0.25) is 10.0 Å². The number of carbonyl (C=O) groups is 2. The molecule has 0 spiro atoms. The first-order valence-corrected chi connectivity index (χ1v) is 14.2. The summed E-state index contributed by atoms with van der Waals surface area (Å²) in [5, 5.41) is 8.86. The minimum atomic E-state index is -0.351. The average molecular weight is 613 g/mol. The molecule has 2 aliphatic heterocycles. The zero-order valence-electron chi connectivity index (χ0n) is 23.3. The van der Waals surface area contributed by atoms with Gasteiger partial charge in [-0.05, 0) is 23.8 Å². The molecular formula is C29H31Cl2N7O4. The monoisotopic (exact) mass is 611 g/mol. The van der Waals surface area contributed by atoms with Crippen molar-refractivity contribution in [3.63, 3.8) is 0 Å². The first-order valence-electron chi connectivity index (χ1n) is 13.4. The number of halogens is 2. The van der Waals surface area contributed by atoms with Gasteiger partial charge in [-0.2, -0.15) is 0 Å². The van der Waals surface area contributed by atoms with Gasteiger partial charge in [0.1, 0.15) is 17.9 Å². The Morgan fingerprint density at radius 3 is 2.62 bits per heavy atom. The number of methoxy groups -OCH3 is 1. The van der Waals surface area contributed by atoms with Crippen LogP contribution in [0.25, 0.3) is 0 Å². The highest BCUT2D eigenvalue weighted by Gasteiger charge is 2.31. The van der Waals surface area contributed by atoms with Gasteiger partial charge in [0, 0.05) is 51.7 Å². The fourth-order valence-electron chi connectivity index (χ4n) is 5.07. The van der Waals surface area contributed by atoms with Crippen molar-refractivity contribution >= 4 is 63.7 Å². The van der Waals surface area contributed by atoms with Crippen molar-refractivity contribution in [3.05, 3.63) is 71.0 Å². The Kier molecular flexibility index (Phi) is 9.00. The van der Waals surface area contributed by atoms with Crippen LogP contribution < -0.4 is 25.3 Å². The van der Waals surface area contributed by atoms with Gasteiger partial charge < -0.3 is 25.2 Å². The number of nitrogens with zero attached hydrogens (tertiary/aromatic N) is 5. The molecule has 0 aliphatic carbocycles. The molecule has 0 radical (unpaired) electrons. The number of rotatable bonds is 8. The third-order valence-electron chi connectivity index (χ3n) is 7.21. The fourth-order valence-corrected chi connectivity index (χ4v) is 5.51. The first-order chi connectivity index (χ1) is 20.3. The predicted octanol–water partition coefficient (Wildman–Crippen LogP) is 5.21. The molecule has 1 atom stereocenters. The van der Waals surface area contributed by atoms with Crippen molar-refractivity contribution in [2.75, 3.05) is 60.5 Å². The lowest BCUT2D eigenvalue weighted by molar-refractivity contribution is -0.129. The van der Waals surface area contributed by atoms with Gasteiger partial charge >= 0.3 is 0 Å². The molecule has 42 heavy (non-hydrogen) atoms. The van der Waals surface area contributed by atoms with Crippen LogP contribution in [0.15, 0.2) is 55.4 Å². The summed E-state index contributed by atoms with van der Waals surface area (Å²) in [6, 6.07) is 10.7. The van der Waals surface area contributed by atoms with Gasteiger partial charge in [-0.3, -0.25) is 14.4 Å². The van der Waals surface area contributed by atoms with Crippen molar-refractivity contribution < 1.29 is 19.2 Å². The van der Waals surface area contributed by atoms with E-state index in [9.17, 15) is 9.59 Å². The number of hydrogen-bond donors (Lipinski definition) is 2. The Balaban J connectivity index is 1.43. The highest BCUT2D eigenvalue weighted by Crippen LogP contribution is 2.41. The second kappa shape index (κ2) is 12.8. The smallest absolute Gasteiger partial charge is 0.247 e. The van der Waals surface area contributed by atoms with Gasteiger partial charge in [-0.25, -0.2) is 15.0 Å². The molecule has 13 heteroatoms. The van der Waals surface area contributed by atoms with Crippen LogP contribution in [0.1, 0.15) is 24.9 Å². The van der Waals surface area contributed by atoms with E-state index in [0.717, 1.165) is 11.3 Å². The van der Waals surface area contributed by atoms with Crippen LogP contribution in [0.3, 0.4) is 0 Å². The summed E-state index contributed by atoms with van der Waals surface area (Å²) < 4.78 is 5.73. The van der Waals surface area contributed by atoms with E-state index in [-0.39, 0.29) is 17.9 Å². The van der Waals surface area contributed by atoms with Gasteiger partial charge in [0.05, 0.1) is 46.9 Å². The molecular weight excluding hydrogens is 581 g/mol. The summed E-state index contributed by atoms with van der Waals surface area (Å²) in [4.78, 5) is 42.8. The summed E-state index contributed by atoms with van der Waals surface area (Å²) in [5.41, 5.74) is 2.75. The maximum Gasteiger partial charge on any atom is 0.247 e. The molecule has 11 nitrogen and oxygen atoms in total. The Hall–Kier alpha value is -4.06. The van der Waals surface area contributed by atoms with Crippen LogP contribution in [-0.4, -0.2) is 66.6 Å². The molecule has 2 fully saturated rings. The lowest BCUT2D eigenvalue weighted by Crippen LogP contribution is -2.48. The van der Waals surface area contributed by atoms with Gasteiger partial charge in [-0.1, -0.05) is 41.9 Å². The van der Waals surface area contributed by atoms with E-state index in [1.807, 2.05) is 18.2 Å². The Labute approximate surface area is 254 Å². The molecule has 2 N–H and O–H groups in total. The van der Waals surface area contributed by atoms with Crippen molar-refractivity contribution in [1.82, 2.24) is 14.9 Å². The molecule has 3 heterocycles. The van der Waals surface area contributed by atoms with Gasteiger partial charge in [0.15, 0.2) is 5.82 Å². The first kappa shape index (κ1) is 29.4. The lowest BCUT2D eigenvalue weighted by Gasteiger charge is -2.36. The zero-order chi connectivity index (χ0) is 29.8. The van der Waals surface area contributed by atoms with Gasteiger partial charge in [0.25, 0.3) is 0 Å². The van der Waals surface area contributed by atoms with Crippen molar-refractivity contribution in [2.24, 2.45) is 0 Å². The summed E-state index contributed by atoms with van der Waals surface area (Å²) in [6.07, 6.45) is 3.35. The third-order valence-corrected chi connectivity index (χ3v) is 8.05. The SMILES string of the molecule is C=CC(=O)Nc1cc(Nc2cc(N3OCCC3c3cccc(Cl)c3Cl)ncn2)c(OC)cc1N1CCN(C(C)=O)CC1. The minimum Gasteiger partial charge on any atom is -0.494 e. The lowest BCUT2D eigenvalue weighted by atomic mass is 10.0. The van der Waals surface area contributed by atoms with Gasteiger partial charge in [0.2, 0.25) is 11.8 Å². The summed E-state index contributed by atoms with van der Waals surface area (Å²) in [5.74, 6) is 1.24. The number of hydrogen-bond acceptors (Lipinski definition) is 9. The minimum absolute atomic E-state index is 0.0393. The van der Waals surface area contributed by atoms with Crippen molar-refractivity contribution in [2.45, 2.75) is 19.4 Å². The second-order valence-corrected chi connectivity index (χ2v) is 10.5. The van der Waals surface area contributed by atoms with Crippen LogP contribution in [-0.2, 0) is 14.4 Å². The van der Waals surface area contributed by atoms with Crippen LogP contribution >= 0.6 is 23.2 Å². The average Bonchev–Trinajstić information content (AvgIpc) is 3.49. The maximum absolute atomic E-state index is 12.4. The van der Waals surface area contributed by atoms with Crippen LogP contribution in [0.4, 0.5) is 28.7 Å². The summed E-state index contributed by atoms with van der Waals surface area (Å²) >= 11 is 12.8. The number of aromatic nitrogens is 2. The molecule has 220 valence electrons. The predicted molar refractivity (Wildman–Crippen MR) is 164 cm³/mol. The molecule has 2 amide bonds. The molecule has 1 unspecified atom stereocenters. The van der Waals surface area contributed by atoms with Crippen molar-refractivity contribution in [3.8, 4) is 5.75 Å². The Morgan fingerprint density at radius 1 is 1.12 bits per heavy atom. The van der Waals surface area contributed by atoms with Gasteiger partial charge in [-0.15, -0.1) is 0 Å². The summed E-state index contributed by atoms with van der Waals surface area (Å²) in [6.45, 7) is 8.00. The number of piperazine rings is 1. The molecule has 2 aromatic carbocycles. The second-order valence-electron chi connectivity index (χ2n) is 9.75. The molecule has 5 rings (SSSR count). The number of benzene rings is 2. The fraction of sp³-hybridized carbons (Fsp3) is 0.310. The standard InChI is InChI=1S/C29H31Cl2N7O4/c1-4-28(40)35-21-14-22(25(41-3)15-24(21)37-11-9-36(10-12-37)18(2)39)34-26-16-27(33-17-32-26)38-23(8-13-42-38)19-6-5-7-20(30)29(19)31/h4-7,14-17,23H,1,8-13H2,2-3H3,(H,35,40)(H,32,33,34). The van der Waals surface area contributed by atoms with E-state index < -0.39 is 0 Å². The number of carbonyl (C=O) groups excluding carboxylic acids is 2. The quantitative estimate of drug-likeness (QED) is 0.331. The zero-order valence-corrected chi connectivity index (χ0v) is 24.8. The Morgan fingerprint density at radius 2 is 1.90 bits per heavy atom. The largest absolute Gasteiger partial charge is 0.494 e. The molecule has 0 saturated carbocycles. The highest BCUT2D eigenvalue weighted by molar-refractivity contribution is 6.42. The molecule has 2 saturated heterocycles. The third kappa shape index (κ3) is 6.23. The van der Waals surface area contributed by atoms with E-state index in [4.69, 9.17) is 32.8 Å². The number of hydroxylamine groups is 1. The van der Waals surface area contributed by atoms with Crippen LogP contribution in [0.5, 0.6) is 5.75 Å². The number of amides is 2. The topological polar surface area (TPSA) is 112 Å². The summed E-state index contributed by atoms with van der Waals surface area (Å²) in [7, 11) is 1.57. The number of nitrogens with one attached hydrogen (secondary N) is 2. The number of ether oxygens (including phenoxy) is 1. The van der Waals surface area contributed by atoms with E-state index in [0.29, 0.717) is 78.0 Å². The Bertz CT molecular complexity index is 1500. The van der Waals surface area contributed by atoms with Crippen LogP contribution in [0, 0.1) is 0 Å². The molecule has 2 aliphatic rings. The van der Waals surface area contributed by atoms with Crippen molar-refractivity contribution in [1.29, 1.82) is 0 Å². The maximum atomic E-state index is 12.4. The van der Waals surface area contributed by atoms with E-state index in [1.54, 1.807) is 42.2 Å². The van der Waals surface area contributed by atoms with E-state index in [2.05, 4.69) is 32.1 Å².